The smallest absolute Gasteiger partial charge is 0.193 e. The topological polar surface area (TPSA) is 40.5 Å². The molecule has 1 unspecified atom stereocenters. The van der Waals surface area contributed by atoms with E-state index in [4.69, 9.17) is 4.99 Å². The zero-order valence-electron chi connectivity index (χ0n) is 13.8. The summed E-state index contributed by atoms with van der Waals surface area (Å²) in [6, 6.07) is 0. The highest BCUT2D eigenvalue weighted by atomic mass is 32.1. The van der Waals surface area contributed by atoms with Crippen LogP contribution in [-0.4, -0.2) is 42.0 Å². The van der Waals surface area contributed by atoms with E-state index in [0.29, 0.717) is 5.41 Å². The fraction of sp³-hybridized carbons (Fsp3) is 0.750. The van der Waals surface area contributed by atoms with Crippen molar-refractivity contribution >= 4 is 17.3 Å². The van der Waals surface area contributed by atoms with E-state index in [1.54, 1.807) is 11.3 Å². The molecule has 2 heterocycles. The largest absolute Gasteiger partial charge is 0.357 e. The molecular weight excluding hydrogens is 280 g/mol. The van der Waals surface area contributed by atoms with E-state index in [-0.39, 0.29) is 0 Å². The Balaban J connectivity index is 1.93. The molecule has 1 atom stereocenters. The van der Waals surface area contributed by atoms with Crippen LogP contribution in [0.25, 0.3) is 0 Å². The van der Waals surface area contributed by atoms with Crippen molar-refractivity contribution in [1.29, 1.82) is 0 Å². The number of hydrogen-bond acceptors (Lipinski definition) is 3. The first-order valence-corrected chi connectivity index (χ1v) is 8.88. The van der Waals surface area contributed by atoms with Crippen molar-refractivity contribution < 1.29 is 0 Å². The monoisotopic (exact) mass is 308 g/mol. The van der Waals surface area contributed by atoms with E-state index < -0.39 is 0 Å². The summed E-state index contributed by atoms with van der Waals surface area (Å²) in [6.07, 6.45) is 3.43. The maximum Gasteiger partial charge on any atom is 0.193 e. The first kappa shape index (κ1) is 16.3. The minimum atomic E-state index is 0.447. The lowest BCUT2D eigenvalue weighted by molar-refractivity contribution is 0.322. The summed E-state index contributed by atoms with van der Waals surface area (Å²) in [7, 11) is 0. The first-order valence-electron chi connectivity index (χ1n) is 8.00. The third-order valence-electron chi connectivity index (χ3n) is 4.34. The number of guanidine groups is 1. The van der Waals surface area contributed by atoms with E-state index in [1.807, 2.05) is 0 Å². The van der Waals surface area contributed by atoms with E-state index in [1.165, 1.54) is 12.8 Å². The summed E-state index contributed by atoms with van der Waals surface area (Å²) in [4.78, 5) is 11.7. The SMILES string of the molecule is CCNC(=NCCc1csc(C)n1)N1CCC(C)(CC)C1. The van der Waals surface area contributed by atoms with Crippen LogP contribution in [0.1, 0.15) is 44.3 Å². The number of rotatable bonds is 5. The standard InChI is InChI=1S/C16H28N4S/c1-5-16(4)8-10-20(12-16)15(17-6-2)18-9-7-14-11-21-13(3)19-14/h11H,5-10,12H2,1-4H3,(H,17,18). The zero-order chi connectivity index (χ0) is 15.3. The van der Waals surface area contributed by atoms with Gasteiger partial charge in [0.05, 0.1) is 10.7 Å². The number of nitrogens with one attached hydrogen (secondary N) is 1. The van der Waals surface area contributed by atoms with Gasteiger partial charge in [0, 0.05) is 38.0 Å². The molecule has 0 saturated carbocycles. The summed E-state index contributed by atoms with van der Waals surface area (Å²) in [5.74, 6) is 1.07. The molecule has 4 nitrogen and oxygen atoms in total. The van der Waals surface area contributed by atoms with Gasteiger partial charge in [0.25, 0.3) is 0 Å². The third-order valence-corrected chi connectivity index (χ3v) is 5.16. The average molecular weight is 308 g/mol. The van der Waals surface area contributed by atoms with Crippen LogP contribution >= 0.6 is 11.3 Å². The van der Waals surface area contributed by atoms with E-state index >= 15 is 0 Å². The molecule has 1 N–H and O–H groups in total. The van der Waals surface area contributed by atoms with Crippen LogP contribution in [0.4, 0.5) is 0 Å². The van der Waals surface area contributed by atoms with Gasteiger partial charge in [-0.3, -0.25) is 4.99 Å². The van der Waals surface area contributed by atoms with E-state index in [9.17, 15) is 0 Å². The average Bonchev–Trinajstić information content (AvgIpc) is 3.05. The molecule has 2 rings (SSSR count). The van der Waals surface area contributed by atoms with Crippen molar-refractivity contribution in [3.05, 3.63) is 16.1 Å². The number of aliphatic imine (C=N–C) groups is 1. The predicted molar refractivity (Wildman–Crippen MR) is 91.1 cm³/mol. The molecule has 1 fully saturated rings. The molecule has 1 saturated heterocycles. The lowest BCUT2D eigenvalue weighted by atomic mass is 9.87. The van der Waals surface area contributed by atoms with Crippen molar-refractivity contribution in [3.8, 4) is 0 Å². The van der Waals surface area contributed by atoms with Crippen LogP contribution in [0, 0.1) is 12.3 Å². The zero-order valence-corrected chi connectivity index (χ0v) is 14.6. The highest BCUT2D eigenvalue weighted by Gasteiger charge is 2.33. The van der Waals surface area contributed by atoms with E-state index in [0.717, 1.165) is 49.3 Å². The maximum absolute atomic E-state index is 4.80. The minimum Gasteiger partial charge on any atom is -0.357 e. The van der Waals surface area contributed by atoms with Gasteiger partial charge >= 0.3 is 0 Å². The van der Waals surface area contributed by atoms with Crippen LogP contribution in [0.15, 0.2) is 10.4 Å². The molecule has 0 aromatic carbocycles. The number of thiazole rings is 1. The highest BCUT2D eigenvalue weighted by molar-refractivity contribution is 7.09. The minimum absolute atomic E-state index is 0.447. The molecule has 0 bridgehead atoms. The van der Waals surface area contributed by atoms with Crippen LogP contribution in [-0.2, 0) is 6.42 Å². The van der Waals surface area contributed by atoms with Gasteiger partial charge in [-0.15, -0.1) is 11.3 Å². The van der Waals surface area contributed by atoms with Gasteiger partial charge in [-0.05, 0) is 32.1 Å². The Labute approximate surface area is 132 Å². The van der Waals surface area contributed by atoms with Crippen molar-refractivity contribution in [1.82, 2.24) is 15.2 Å². The summed E-state index contributed by atoms with van der Waals surface area (Å²) in [5, 5.41) is 6.71. The van der Waals surface area contributed by atoms with Crippen molar-refractivity contribution in [3.63, 3.8) is 0 Å². The van der Waals surface area contributed by atoms with Gasteiger partial charge in [0.1, 0.15) is 0 Å². The van der Waals surface area contributed by atoms with Gasteiger partial charge in [0.2, 0.25) is 0 Å². The number of hydrogen-bond donors (Lipinski definition) is 1. The molecule has 0 aliphatic carbocycles. The summed E-state index contributed by atoms with van der Waals surface area (Å²) in [5.41, 5.74) is 1.61. The Morgan fingerprint density at radius 3 is 2.90 bits per heavy atom. The van der Waals surface area contributed by atoms with Crippen LogP contribution in [0.2, 0.25) is 0 Å². The third kappa shape index (κ3) is 4.43. The van der Waals surface area contributed by atoms with Gasteiger partial charge < -0.3 is 10.2 Å². The van der Waals surface area contributed by atoms with Gasteiger partial charge in [0.15, 0.2) is 5.96 Å². The predicted octanol–water partition coefficient (Wildman–Crippen LogP) is 3.08. The summed E-state index contributed by atoms with van der Waals surface area (Å²) < 4.78 is 0. The van der Waals surface area contributed by atoms with Crippen LogP contribution < -0.4 is 5.32 Å². The molecule has 21 heavy (non-hydrogen) atoms. The Morgan fingerprint density at radius 1 is 1.52 bits per heavy atom. The second-order valence-corrected chi connectivity index (χ2v) is 7.24. The fourth-order valence-corrected chi connectivity index (χ4v) is 3.37. The second kappa shape index (κ2) is 7.25. The van der Waals surface area contributed by atoms with Crippen molar-refractivity contribution in [2.45, 2.75) is 47.0 Å². The van der Waals surface area contributed by atoms with Gasteiger partial charge in [-0.1, -0.05) is 13.8 Å². The van der Waals surface area contributed by atoms with Gasteiger partial charge in [-0.25, -0.2) is 4.98 Å². The van der Waals surface area contributed by atoms with Gasteiger partial charge in [-0.2, -0.15) is 0 Å². The van der Waals surface area contributed by atoms with Crippen molar-refractivity contribution in [2.24, 2.45) is 10.4 Å². The Hall–Kier alpha value is -1.10. The normalized spacial score (nSPS) is 22.9. The Bertz CT molecular complexity index is 482. The molecule has 0 spiro atoms. The molecule has 5 heteroatoms. The lowest BCUT2D eigenvalue weighted by Crippen LogP contribution is -2.41. The van der Waals surface area contributed by atoms with Crippen LogP contribution in [0.3, 0.4) is 0 Å². The molecule has 1 aromatic heterocycles. The highest BCUT2D eigenvalue weighted by Crippen LogP contribution is 2.32. The Morgan fingerprint density at radius 2 is 2.33 bits per heavy atom. The summed E-state index contributed by atoms with van der Waals surface area (Å²) >= 11 is 1.72. The molecule has 118 valence electrons. The molecule has 1 aliphatic rings. The quantitative estimate of drug-likeness (QED) is 0.671. The fourth-order valence-electron chi connectivity index (χ4n) is 2.72. The van der Waals surface area contributed by atoms with Crippen molar-refractivity contribution in [2.75, 3.05) is 26.2 Å². The lowest BCUT2D eigenvalue weighted by Gasteiger charge is -2.25. The number of likely N-dealkylation sites (tertiary alicyclic amines) is 1. The molecule has 0 amide bonds. The number of aromatic nitrogens is 1. The maximum atomic E-state index is 4.80. The van der Waals surface area contributed by atoms with E-state index in [2.05, 4.69) is 48.3 Å². The number of aryl methyl sites for hydroxylation is 1. The van der Waals surface area contributed by atoms with Crippen LogP contribution in [0.5, 0.6) is 0 Å². The Kier molecular flexibility index (Phi) is 5.62. The summed E-state index contributed by atoms with van der Waals surface area (Å²) in [6.45, 7) is 12.8. The molecular formula is C16H28N4S. The molecule has 1 aliphatic heterocycles. The number of nitrogens with zero attached hydrogens (tertiary/aromatic N) is 3. The molecule has 0 radical (unpaired) electrons. The molecule has 1 aromatic rings. The second-order valence-electron chi connectivity index (χ2n) is 6.18. The first-order chi connectivity index (χ1) is 10.1.